The summed E-state index contributed by atoms with van der Waals surface area (Å²) < 4.78 is 11.1. The second kappa shape index (κ2) is 5.97. The maximum Gasteiger partial charge on any atom is 0.302 e. The molecule has 1 aromatic rings. The van der Waals surface area contributed by atoms with Gasteiger partial charge in [-0.1, -0.05) is 18.2 Å². The molecular formula is C15H20O3S. The van der Waals surface area contributed by atoms with Gasteiger partial charge in [-0.25, -0.2) is 0 Å². The smallest absolute Gasteiger partial charge is 0.302 e. The summed E-state index contributed by atoms with van der Waals surface area (Å²) in [6.07, 6.45) is 0.693. The van der Waals surface area contributed by atoms with Gasteiger partial charge in [0.2, 0.25) is 0 Å². The molecule has 0 bridgehead atoms. The van der Waals surface area contributed by atoms with Gasteiger partial charge in [0.05, 0.1) is 12.2 Å². The van der Waals surface area contributed by atoms with Gasteiger partial charge >= 0.3 is 5.97 Å². The maximum absolute atomic E-state index is 11.1. The number of rotatable bonds is 3. The van der Waals surface area contributed by atoms with Crippen molar-refractivity contribution in [3.63, 3.8) is 0 Å². The lowest BCUT2D eigenvalue weighted by atomic mass is 9.96. The van der Waals surface area contributed by atoms with Crippen molar-refractivity contribution in [2.45, 2.75) is 49.0 Å². The zero-order valence-corrected chi connectivity index (χ0v) is 12.4. The van der Waals surface area contributed by atoms with Crippen LogP contribution in [0.3, 0.4) is 0 Å². The first-order chi connectivity index (χ1) is 8.97. The standard InChI is InChI=1S/C15H20O3S/c1-11(16)18-12-9-14(15(2,3)17-10-12)19-13-7-5-4-6-8-13/h4-8,12,14H,9-10H2,1-3H3/t12-,14+/m1/s1. The minimum atomic E-state index is -0.239. The SMILES string of the molecule is CC(=O)O[C@H]1COC(C)(C)[C@@H](Sc2ccccc2)C1. The number of ether oxygens (including phenoxy) is 2. The zero-order chi connectivity index (χ0) is 13.9. The highest BCUT2D eigenvalue weighted by Crippen LogP contribution is 2.38. The van der Waals surface area contributed by atoms with Gasteiger partial charge in [-0.15, -0.1) is 11.8 Å². The Balaban J connectivity index is 2.04. The summed E-state index contributed by atoms with van der Waals surface area (Å²) in [4.78, 5) is 12.3. The molecule has 4 heteroatoms. The fourth-order valence-corrected chi connectivity index (χ4v) is 3.47. The normalized spacial score (nSPS) is 25.8. The predicted molar refractivity (Wildman–Crippen MR) is 76.3 cm³/mol. The van der Waals surface area contributed by atoms with Gasteiger partial charge in [0.15, 0.2) is 0 Å². The largest absolute Gasteiger partial charge is 0.460 e. The second-order valence-electron chi connectivity index (χ2n) is 5.30. The quantitative estimate of drug-likeness (QED) is 0.796. The average molecular weight is 280 g/mol. The summed E-state index contributed by atoms with van der Waals surface area (Å²) >= 11 is 1.79. The van der Waals surface area contributed by atoms with Crippen LogP contribution in [-0.4, -0.2) is 29.5 Å². The zero-order valence-electron chi connectivity index (χ0n) is 11.6. The van der Waals surface area contributed by atoms with Crippen molar-refractivity contribution < 1.29 is 14.3 Å². The third kappa shape index (κ3) is 3.98. The highest BCUT2D eigenvalue weighted by Gasteiger charge is 2.39. The van der Waals surface area contributed by atoms with Gasteiger partial charge in [-0.2, -0.15) is 0 Å². The van der Waals surface area contributed by atoms with E-state index in [0.717, 1.165) is 6.42 Å². The molecule has 1 aliphatic rings. The topological polar surface area (TPSA) is 35.5 Å². The molecule has 3 nitrogen and oxygen atoms in total. The van der Waals surface area contributed by atoms with E-state index in [0.29, 0.717) is 6.61 Å². The van der Waals surface area contributed by atoms with Crippen molar-refractivity contribution in [3.8, 4) is 0 Å². The predicted octanol–water partition coefficient (Wildman–Crippen LogP) is 3.28. The minimum Gasteiger partial charge on any atom is -0.460 e. The number of hydrogen-bond acceptors (Lipinski definition) is 4. The highest BCUT2D eigenvalue weighted by molar-refractivity contribution is 8.00. The van der Waals surface area contributed by atoms with Gasteiger partial charge in [0, 0.05) is 23.5 Å². The lowest BCUT2D eigenvalue weighted by Gasteiger charge is -2.41. The molecule has 19 heavy (non-hydrogen) atoms. The molecule has 1 saturated heterocycles. The van der Waals surface area contributed by atoms with Gasteiger partial charge in [-0.3, -0.25) is 4.79 Å². The fraction of sp³-hybridized carbons (Fsp3) is 0.533. The number of benzene rings is 1. The summed E-state index contributed by atoms with van der Waals surface area (Å²) in [6, 6.07) is 10.3. The molecule has 104 valence electrons. The molecule has 2 atom stereocenters. The molecule has 0 spiro atoms. The van der Waals surface area contributed by atoms with Gasteiger partial charge in [0.25, 0.3) is 0 Å². The van der Waals surface area contributed by atoms with Crippen LogP contribution in [0.1, 0.15) is 27.2 Å². The first-order valence-corrected chi connectivity index (χ1v) is 7.38. The minimum absolute atomic E-state index is 0.133. The van der Waals surface area contributed by atoms with E-state index in [4.69, 9.17) is 9.47 Å². The molecule has 0 N–H and O–H groups in total. The Hall–Kier alpha value is -1.00. The van der Waals surface area contributed by atoms with Crippen LogP contribution in [0.25, 0.3) is 0 Å². The number of carbonyl (C=O) groups excluding carboxylic acids is 1. The molecule has 1 aliphatic heterocycles. The number of hydrogen-bond donors (Lipinski definition) is 0. The lowest BCUT2D eigenvalue weighted by molar-refractivity contribution is -0.161. The molecule has 1 aromatic carbocycles. The molecule has 0 saturated carbocycles. The first kappa shape index (κ1) is 14.4. The van der Waals surface area contributed by atoms with Crippen LogP contribution in [-0.2, 0) is 14.3 Å². The summed E-state index contributed by atoms with van der Waals surface area (Å²) in [7, 11) is 0. The van der Waals surface area contributed by atoms with E-state index in [9.17, 15) is 4.79 Å². The van der Waals surface area contributed by atoms with E-state index in [1.165, 1.54) is 11.8 Å². The molecule has 1 fully saturated rings. The number of esters is 1. The number of carbonyl (C=O) groups is 1. The molecule has 0 aromatic heterocycles. The molecule has 0 unspecified atom stereocenters. The van der Waals surface area contributed by atoms with Gasteiger partial charge in [0.1, 0.15) is 6.10 Å². The monoisotopic (exact) mass is 280 g/mol. The van der Waals surface area contributed by atoms with E-state index in [1.807, 2.05) is 18.2 Å². The Labute approximate surface area is 118 Å². The van der Waals surface area contributed by atoms with Crippen LogP contribution < -0.4 is 0 Å². The number of thioether (sulfide) groups is 1. The van der Waals surface area contributed by atoms with Crippen molar-refractivity contribution in [1.29, 1.82) is 0 Å². The van der Waals surface area contributed by atoms with Crippen molar-refractivity contribution >= 4 is 17.7 Å². The lowest BCUT2D eigenvalue weighted by Crippen LogP contribution is -2.47. The van der Waals surface area contributed by atoms with Gasteiger partial charge < -0.3 is 9.47 Å². The Bertz CT molecular complexity index is 430. The second-order valence-corrected chi connectivity index (χ2v) is 6.58. The van der Waals surface area contributed by atoms with Crippen LogP contribution >= 0.6 is 11.8 Å². The van der Waals surface area contributed by atoms with Crippen LogP contribution in [0.4, 0.5) is 0 Å². The summed E-state index contributed by atoms with van der Waals surface area (Å²) in [6.45, 7) is 6.12. The molecule has 0 amide bonds. The van der Waals surface area contributed by atoms with Crippen LogP contribution in [0.5, 0.6) is 0 Å². The molecule has 2 rings (SSSR count). The third-order valence-corrected chi connectivity index (χ3v) is 4.84. The molecule has 0 radical (unpaired) electrons. The maximum atomic E-state index is 11.1. The van der Waals surface area contributed by atoms with E-state index in [-0.39, 0.29) is 22.9 Å². The van der Waals surface area contributed by atoms with Crippen LogP contribution in [0.15, 0.2) is 35.2 Å². The van der Waals surface area contributed by atoms with E-state index < -0.39 is 0 Å². The van der Waals surface area contributed by atoms with E-state index in [1.54, 1.807) is 11.8 Å². The van der Waals surface area contributed by atoms with Crippen molar-refractivity contribution in [2.75, 3.05) is 6.61 Å². The molecule has 1 heterocycles. The van der Waals surface area contributed by atoms with Crippen LogP contribution in [0.2, 0.25) is 0 Å². The summed E-state index contributed by atoms with van der Waals surface area (Å²) in [5.41, 5.74) is -0.211. The first-order valence-electron chi connectivity index (χ1n) is 6.50. The molecular weight excluding hydrogens is 260 g/mol. The van der Waals surface area contributed by atoms with Gasteiger partial charge in [-0.05, 0) is 26.0 Å². The highest BCUT2D eigenvalue weighted by atomic mass is 32.2. The Morgan fingerprint density at radius 1 is 1.37 bits per heavy atom. The van der Waals surface area contributed by atoms with Crippen molar-refractivity contribution in [3.05, 3.63) is 30.3 Å². The van der Waals surface area contributed by atoms with E-state index in [2.05, 4.69) is 26.0 Å². The van der Waals surface area contributed by atoms with Crippen molar-refractivity contribution in [2.24, 2.45) is 0 Å². The Morgan fingerprint density at radius 3 is 2.68 bits per heavy atom. The Kier molecular flexibility index (Phi) is 4.53. The van der Waals surface area contributed by atoms with Crippen LogP contribution in [0, 0.1) is 0 Å². The average Bonchev–Trinajstić information content (AvgIpc) is 2.34. The van der Waals surface area contributed by atoms with Crippen molar-refractivity contribution in [1.82, 2.24) is 0 Å². The summed E-state index contributed by atoms with van der Waals surface area (Å²) in [5.74, 6) is -0.239. The third-order valence-electron chi connectivity index (χ3n) is 3.25. The fourth-order valence-electron chi connectivity index (χ4n) is 2.16. The molecule has 0 aliphatic carbocycles. The summed E-state index contributed by atoms with van der Waals surface area (Å²) in [5, 5.41) is 0.271. The van der Waals surface area contributed by atoms with E-state index >= 15 is 0 Å². The Morgan fingerprint density at radius 2 is 2.05 bits per heavy atom.